The number of methoxy groups -OCH3 is 1. The van der Waals surface area contributed by atoms with Gasteiger partial charge < -0.3 is 9.47 Å². The monoisotopic (exact) mass is 210 g/mol. The molecule has 0 amide bonds. The number of ether oxygens (including phenoxy) is 2. The van der Waals surface area contributed by atoms with Crippen molar-refractivity contribution in [2.24, 2.45) is 0 Å². The molecular formula is C11H18N2O2. The average molecular weight is 210 g/mol. The summed E-state index contributed by atoms with van der Waals surface area (Å²) in [4.78, 5) is 8.45. The van der Waals surface area contributed by atoms with Crippen LogP contribution in [-0.4, -0.2) is 23.9 Å². The third-order valence-corrected chi connectivity index (χ3v) is 2.00. The molecule has 0 saturated heterocycles. The number of rotatable bonds is 4. The Morgan fingerprint density at radius 2 is 1.80 bits per heavy atom. The largest absolute Gasteiger partial charge is 0.359 e. The lowest BCUT2D eigenvalue weighted by molar-refractivity contribution is -0.0412. The number of nitrogens with zero attached hydrogens (tertiary/aromatic N) is 2. The van der Waals surface area contributed by atoms with E-state index in [-0.39, 0.29) is 12.2 Å². The molecule has 15 heavy (non-hydrogen) atoms. The summed E-state index contributed by atoms with van der Waals surface area (Å²) in [5.74, 6) is 0.681. The highest BCUT2D eigenvalue weighted by Gasteiger charge is 2.14. The Hall–Kier alpha value is -1.00. The Balaban J connectivity index is 2.57. The summed E-state index contributed by atoms with van der Waals surface area (Å²) < 4.78 is 9.91. The smallest absolute Gasteiger partial charge is 0.153 e. The zero-order valence-electron chi connectivity index (χ0n) is 9.78. The second-order valence-electron chi connectivity index (χ2n) is 4.39. The molecular weight excluding hydrogens is 192 g/mol. The molecule has 0 aromatic carbocycles. The van der Waals surface area contributed by atoms with E-state index in [9.17, 15) is 0 Å². The molecule has 84 valence electrons. The van der Waals surface area contributed by atoms with Gasteiger partial charge in [-0.05, 0) is 11.0 Å². The molecule has 0 aliphatic carbocycles. The van der Waals surface area contributed by atoms with Crippen LogP contribution < -0.4 is 0 Å². The first kappa shape index (κ1) is 12.1. The Kier molecular flexibility index (Phi) is 4.17. The van der Waals surface area contributed by atoms with Crippen molar-refractivity contribution in [1.82, 2.24) is 9.97 Å². The van der Waals surface area contributed by atoms with Crippen LogP contribution in [0, 0.1) is 0 Å². The van der Waals surface area contributed by atoms with E-state index in [1.165, 1.54) is 0 Å². The summed E-state index contributed by atoms with van der Waals surface area (Å²) in [6.07, 6.45) is 3.69. The molecule has 0 aliphatic heterocycles. The Morgan fingerprint density at radius 1 is 1.20 bits per heavy atom. The minimum atomic E-state index is 0.0892. The SMILES string of the molecule is COCOCc1ncc(C(C)(C)C)cn1. The van der Waals surface area contributed by atoms with E-state index in [1.807, 2.05) is 12.4 Å². The lowest BCUT2D eigenvalue weighted by Crippen LogP contribution is -2.13. The summed E-state index contributed by atoms with van der Waals surface area (Å²) in [5.41, 5.74) is 1.21. The molecule has 1 rings (SSSR count). The maximum Gasteiger partial charge on any atom is 0.153 e. The van der Waals surface area contributed by atoms with E-state index in [0.29, 0.717) is 12.4 Å². The fraction of sp³-hybridized carbons (Fsp3) is 0.636. The van der Waals surface area contributed by atoms with Gasteiger partial charge in [0.05, 0.1) is 0 Å². The fourth-order valence-electron chi connectivity index (χ4n) is 1.03. The van der Waals surface area contributed by atoms with E-state index in [2.05, 4.69) is 30.7 Å². The Morgan fingerprint density at radius 3 is 2.27 bits per heavy atom. The lowest BCUT2D eigenvalue weighted by atomic mass is 9.89. The van der Waals surface area contributed by atoms with Crippen LogP contribution in [0.4, 0.5) is 0 Å². The van der Waals surface area contributed by atoms with Gasteiger partial charge in [0.2, 0.25) is 0 Å². The van der Waals surface area contributed by atoms with Crippen LogP contribution in [0.2, 0.25) is 0 Å². The normalized spacial score (nSPS) is 11.7. The summed E-state index contributed by atoms with van der Waals surface area (Å²) in [7, 11) is 1.59. The van der Waals surface area contributed by atoms with Gasteiger partial charge in [0, 0.05) is 19.5 Å². The van der Waals surface area contributed by atoms with Gasteiger partial charge >= 0.3 is 0 Å². The second kappa shape index (κ2) is 5.19. The van der Waals surface area contributed by atoms with Gasteiger partial charge in [0.1, 0.15) is 13.4 Å². The quantitative estimate of drug-likeness (QED) is 0.562. The molecule has 0 N–H and O–H groups in total. The van der Waals surface area contributed by atoms with Crippen molar-refractivity contribution in [2.45, 2.75) is 32.8 Å². The van der Waals surface area contributed by atoms with Crippen molar-refractivity contribution in [3.8, 4) is 0 Å². The maximum atomic E-state index is 5.15. The van der Waals surface area contributed by atoms with Gasteiger partial charge in [-0.1, -0.05) is 20.8 Å². The van der Waals surface area contributed by atoms with Crippen LogP contribution in [0.3, 0.4) is 0 Å². The predicted molar refractivity (Wildman–Crippen MR) is 57.4 cm³/mol. The van der Waals surface area contributed by atoms with Crippen molar-refractivity contribution >= 4 is 0 Å². The van der Waals surface area contributed by atoms with Gasteiger partial charge in [-0.3, -0.25) is 0 Å². The Labute approximate surface area is 90.7 Å². The van der Waals surface area contributed by atoms with Crippen molar-refractivity contribution < 1.29 is 9.47 Å². The van der Waals surface area contributed by atoms with Crippen molar-refractivity contribution in [1.29, 1.82) is 0 Å². The highest BCUT2D eigenvalue weighted by molar-refractivity contribution is 5.15. The molecule has 1 heterocycles. The topological polar surface area (TPSA) is 44.2 Å². The minimum absolute atomic E-state index is 0.0892. The predicted octanol–water partition coefficient (Wildman–Crippen LogP) is 1.89. The van der Waals surface area contributed by atoms with Crippen LogP contribution in [-0.2, 0) is 21.5 Å². The van der Waals surface area contributed by atoms with Crippen LogP contribution in [0.15, 0.2) is 12.4 Å². The third-order valence-electron chi connectivity index (χ3n) is 2.00. The molecule has 0 aliphatic rings. The lowest BCUT2D eigenvalue weighted by Gasteiger charge is -2.17. The number of hydrogen-bond donors (Lipinski definition) is 0. The molecule has 0 radical (unpaired) electrons. The molecule has 1 aromatic heterocycles. The van der Waals surface area contributed by atoms with Crippen LogP contribution >= 0.6 is 0 Å². The number of aromatic nitrogens is 2. The standard InChI is InChI=1S/C11H18N2O2/c1-11(2,3)9-5-12-10(13-6-9)7-15-8-14-4/h5-6H,7-8H2,1-4H3. The minimum Gasteiger partial charge on any atom is -0.359 e. The molecule has 1 aromatic rings. The molecule has 4 heteroatoms. The van der Waals surface area contributed by atoms with Crippen LogP contribution in [0.1, 0.15) is 32.2 Å². The van der Waals surface area contributed by atoms with E-state index < -0.39 is 0 Å². The van der Waals surface area contributed by atoms with Gasteiger partial charge in [0.25, 0.3) is 0 Å². The highest BCUT2D eigenvalue weighted by atomic mass is 16.7. The summed E-state index contributed by atoms with van der Waals surface area (Å²) in [5, 5.41) is 0. The van der Waals surface area contributed by atoms with Crippen LogP contribution in [0.5, 0.6) is 0 Å². The summed E-state index contributed by atoms with van der Waals surface area (Å²) in [6.45, 7) is 7.05. The number of hydrogen-bond acceptors (Lipinski definition) is 4. The Bertz CT molecular complexity index is 290. The molecule has 0 saturated carbocycles. The van der Waals surface area contributed by atoms with Crippen LogP contribution in [0.25, 0.3) is 0 Å². The van der Waals surface area contributed by atoms with E-state index in [0.717, 1.165) is 5.56 Å². The second-order valence-corrected chi connectivity index (χ2v) is 4.39. The molecule has 0 fully saturated rings. The van der Waals surface area contributed by atoms with Gasteiger partial charge in [-0.15, -0.1) is 0 Å². The van der Waals surface area contributed by atoms with E-state index >= 15 is 0 Å². The van der Waals surface area contributed by atoms with Gasteiger partial charge in [-0.2, -0.15) is 0 Å². The first-order chi connectivity index (χ1) is 7.04. The van der Waals surface area contributed by atoms with Crippen molar-refractivity contribution in [3.05, 3.63) is 23.8 Å². The van der Waals surface area contributed by atoms with Crippen molar-refractivity contribution in [2.75, 3.05) is 13.9 Å². The zero-order valence-corrected chi connectivity index (χ0v) is 9.78. The third kappa shape index (κ3) is 3.93. The van der Waals surface area contributed by atoms with Gasteiger partial charge in [0.15, 0.2) is 5.82 Å². The first-order valence-electron chi connectivity index (χ1n) is 4.92. The molecule has 0 bridgehead atoms. The fourth-order valence-corrected chi connectivity index (χ4v) is 1.03. The van der Waals surface area contributed by atoms with E-state index in [4.69, 9.17) is 9.47 Å². The first-order valence-corrected chi connectivity index (χ1v) is 4.92. The summed E-state index contributed by atoms with van der Waals surface area (Å²) >= 11 is 0. The zero-order chi connectivity index (χ0) is 11.3. The maximum absolute atomic E-state index is 5.15. The average Bonchev–Trinajstić information content (AvgIpc) is 2.18. The molecule has 0 atom stereocenters. The van der Waals surface area contributed by atoms with E-state index in [1.54, 1.807) is 7.11 Å². The molecule has 0 unspecified atom stereocenters. The molecule has 4 nitrogen and oxygen atoms in total. The van der Waals surface area contributed by atoms with Gasteiger partial charge in [-0.25, -0.2) is 9.97 Å². The summed E-state index contributed by atoms with van der Waals surface area (Å²) in [6, 6.07) is 0. The highest BCUT2D eigenvalue weighted by Crippen LogP contribution is 2.19. The molecule has 0 spiro atoms. The van der Waals surface area contributed by atoms with Crippen molar-refractivity contribution in [3.63, 3.8) is 0 Å².